The molecule has 1 heterocycles. The molecule has 0 aromatic rings. The summed E-state index contributed by atoms with van der Waals surface area (Å²) in [5, 5.41) is 20.8. The maximum absolute atomic E-state index is 11.7. The summed E-state index contributed by atoms with van der Waals surface area (Å²) < 4.78 is 0. The van der Waals surface area contributed by atoms with Crippen molar-refractivity contribution >= 4 is 17.9 Å². The van der Waals surface area contributed by atoms with Gasteiger partial charge in [-0.25, -0.2) is 9.59 Å². The molecule has 8 nitrogen and oxygen atoms in total. The topological polar surface area (TPSA) is 133 Å². The third-order valence-corrected chi connectivity index (χ3v) is 2.70. The minimum atomic E-state index is -1.14. The summed E-state index contributed by atoms with van der Waals surface area (Å²) in [5.41, 5.74) is 4.94. The Labute approximate surface area is 104 Å². The Morgan fingerprint density at radius 2 is 2.06 bits per heavy atom. The van der Waals surface area contributed by atoms with Gasteiger partial charge in [-0.2, -0.15) is 0 Å². The highest BCUT2D eigenvalue weighted by Gasteiger charge is 2.38. The SMILES string of the molecule is NC(=O)CCCNC(=O)N1CC(O)C[C@H]1C(=O)O. The number of nitrogens with zero attached hydrogens (tertiary/aromatic N) is 1. The number of carboxylic acid groups (broad SMARTS) is 1. The van der Waals surface area contributed by atoms with E-state index in [1.54, 1.807) is 0 Å². The molecule has 0 saturated carbocycles. The lowest BCUT2D eigenvalue weighted by molar-refractivity contribution is -0.141. The molecule has 0 spiro atoms. The Morgan fingerprint density at radius 1 is 1.39 bits per heavy atom. The van der Waals surface area contributed by atoms with Gasteiger partial charge in [0, 0.05) is 25.9 Å². The van der Waals surface area contributed by atoms with Gasteiger partial charge in [0.2, 0.25) is 5.91 Å². The van der Waals surface area contributed by atoms with Crippen molar-refractivity contribution in [1.29, 1.82) is 0 Å². The van der Waals surface area contributed by atoms with E-state index in [4.69, 9.17) is 10.8 Å². The number of carboxylic acids is 1. The lowest BCUT2D eigenvalue weighted by Gasteiger charge is -2.21. The molecule has 0 aromatic heterocycles. The second kappa shape index (κ2) is 6.20. The first kappa shape index (κ1) is 14.2. The molecule has 1 fully saturated rings. The van der Waals surface area contributed by atoms with Gasteiger partial charge < -0.3 is 26.2 Å². The van der Waals surface area contributed by atoms with Gasteiger partial charge in [0.1, 0.15) is 6.04 Å². The molecule has 0 radical (unpaired) electrons. The van der Waals surface area contributed by atoms with Crippen LogP contribution in [0.15, 0.2) is 0 Å². The van der Waals surface area contributed by atoms with E-state index in [0.29, 0.717) is 6.42 Å². The zero-order valence-electron chi connectivity index (χ0n) is 9.83. The molecule has 0 aromatic carbocycles. The average molecular weight is 259 g/mol. The summed E-state index contributed by atoms with van der Waals surface area (Å²) in [6.07, 6.45) is -0.229. The second-order valence-corrected chi connectivity index (χ2v) is 4.20. The van der Waals surface area contributed by atoms with Crippen LogP contribution >= 0.6 is 0 Å². The number of urea groups is 1. The standard InChI is InChI=1S/C10H17N3O5/c11-8(15)2-1-3-12-10(18)13-5-6(14)4-7(13)9(16)17/h6-7,14H,1-5H2,(H2,11,15)(H,12,18)(H,16,17)/t6?,7-/m0/s1. The summed E-state index contributed by atoms with van der Waals surface area (Å²) in [6.45, 7) is 0.235. The Bertz CT molecular complexity index is 346. The van der Waals surface area contributed by atoms with Crippen LogP contribution in [0.1, 0.15) is 19.3 Å². The molecule has 2 atom stereocenters. The van der Waals surface area contributed by atoms with Crippen molar-refractivity contribution < 1.29 is 24.6 Å². The quantitative estimate of drug-likeness (QED) is 0.445. The largest absolute Gasteiger partial charge is 0.480 e. The number of aliphatic hydroxyl groups excluding tert-OH is 1. The van der Waals surface area contributed by atoms with Crippen LogP contribution in [0.5, 0.6) is 0 Å². The van der Waals surface area contributed by atoms with Crippen LogP contribution in [0.4, 0.5) is 4.79 Å². The van der Waals surface area contributed by atoms with Crippen LogP contribution in [-0.4, -0.2) is 58.3 Å². The van der Waals surface area contributed by atoms with Crippen molar-refractivity contribution in [3.05, 3.63) is 0 Å². The molecule has 3 amide bonds. The zero-order valence-corrected chi connectivity index (χ0v) is 9.83. The first-order valence-electron chi connectivity index (χ1n) is 5.65. The molecule has 1 saturated heterocycles. The number of nitrogens with two attached hydrogens (primary N) is 1. The summed E-state index contributed by atoms with van der Waals surface area (Å²) in [7, 11) is 0. The lowest BCUT2D eigenvalue weighted by Crippen LogP contribution is -2.46. The maximum Gasteiger partial charge on any atom is 0.326 e. The van der Waals surface area contributed by atoms with Gasteiger partial charge in [-0.15, -0.1) is 0 Å². The highest BCUT2D eigenvalue weighted by atomic mass is 16.4. The third kappa shape index (κ3) is 3.88. The zero-order chi connectivity index (χ0) is 13.7. The molecule has 18 heavy (non-hydrogen) atoms. The van der Waals surface area contributed by atoms with Crippen molar-refractivity contribution in [1.82, 2.24) is 10.2 Å². The minimum Gasteiger partial charge on any atom is -0.480 e. The third-order valence-electron chi connectivity index (χ3n) is 2.70. The molecule has 1 aliphatic heterocycles. The normalized spacial score (nSPS) is 22.8. The Balaban J connectivity index is 2.40. The highest BCUT2D eigenvalue weighted by molar-refractivity contribution is 5.83. The van der Waals surface area contributed by atoms with E-state index < -0.39 is 30.1 Å². The van der Waals surface area contributed by atoms with Gasteiger partial charge in [0.15, 0.2) is 0 Å². The molecular formula is C10H17N3O5. The molecule has 1 unspecified atom stereocenters. The van der Waals surface area contributed by atoms with E-state index in [2.05, 4.69) is 5.32 Å². The molecule has 0 bridgehead atoms. The van der Waals surface area contributed by atoms with Gasteiger partial charge in [0.05, 0.1) is 6.10 Å². The fraction of sp³-hybridized carbons (Fsp3) is 0.700. The number of amides is 3. The smallest absolute Gasteiger partial charge is 0.326 e. The van der Waals surface area contributed by atoms with E-state index in [1.807, 2.05) is 0 Å². The maximum atomic E-state index is 11.7. The van der Waals surface area contributed by atoms with Gasteiger partial charge >= 0.3 is 12.0 Å². The van der Waals surface area contributed by atoms with E-state index in [9.17, 15) is 19.5 Å². The number of carbonyl (C=O) groups excluding carboxylic acids is 2. The van der Waals surface area contributed by atoms with E-state index in [1.165, 1.54) is 0 Å². The summed E-state index contributed by atoms with van der Waals surface area (Å²) in [5.74, 6) is -1.59. The van der Waals surface area contributed by atoms with E-state index in [0.717, 1.165) is 4.90 Å². The fourth-order valence-electron chi connectivity index (χ4n) is 1.83. The number of hydrogen-bond donors (Lipinski definition) is 4. The molecule has 102 valence electrons. The molecule has 5 N–H and O–H groups in total. The minimum absolute atomic E-state index is 0.00137. The van der Waals surface area contributed by atoms with Crippen LogP contribution < -0.4 is 11.1 Å². The van der Waals surface area contributed by atoms with Crippen LogP contribution in [0.25, 0.3) is 0 Å². The van der Waals surface area contributed by atoms with Crippen molar-refractivity contribution in [3.8, 4) is 0 Å². The van der Waals surface area contributed by atoms with Crippen LogP contribution in [0.3, 0.4) is 0 Å². The van der Waals surface area contributed by atoms with Crippen molar-refractivity contribution in [3.63, 3.8) is 0 Å². The molecular weight excluding hydrogens is 242 g/mol. The number of β-amino-alcohol motifs (C(OH)–C–C–N with tert-alkyl or cyclic N) is 1. The average Bonchev–Trinajstić information content (AvgIpc) is 2.66. The predicted molar refractivity (Wildman–Crippen MR) is 60.6 cm³/mol. The van der Waals surface area contributed by atoms with Crippen molar-refractivity contribution in [2.45, 2.75) is 31.4 Å². The van der Waals surface area contributed by atoms with Gasteiger partial charge in [-0.1, -0.05) is 0 Å². The van der Waals surface area contributed by atoms with Gasteiger partial charge in [0.25, 0.3) is 0 Å². The number of rotatable bonds is 5. The number of aliphatic hydroxyl groups is 1. The predicted octanol–water partition coefficient (Wildman–Crippen LogP) is -1.52. The second-order valence-electron chi connectivity index (χ2n) is 4.20. The van der Waals surface area contributed by atoms with Crippen molar-refractivity contribution in [2.24, 2.45) is 5.73 Å². The van der Waals surface area contributed by atoms with E-state index in [-0.39, 0.29) is 25.9 Å². The number of primary amides is 1. The summed E-state index contributed by atoms with van der Waals surface area (Å²) in [4.78, 5) is 34.1. The molecule has 8 heteroatoms. The van der Waals surface area contributed by atoms with Gasteiger partial charge in [-0.3, -0.25) is 4.79 Å². The Morgan fingerprint density at radius 3 is 2.61 bits per heavy atom. The number of likely N-dealkylation sites (tertiary alicyclic amines) is 1. The lowest BCUT2D eigenvalue weighted by atomic mass is 10.2. The fourth-order valence-corrected chi connectivity index (χ4v) is 1.83. The van der Waals surface area contributed by atoms with E-state index >= 15 is 0 Å². The highest BCUT2D eigenvalue weighted by Crippen LogP contribution is 2.17. The van der Waals surface area contributed by atoms with Crippen LogP contribution in [0, 0.1) is 0 Å². The number of nitrogens with one attached hydrogen (secondary N) is 1. The number of aliphatic carboxylic acids is 1. The molecule has 1 rings (SSSR count). The van der Waals surface area contributed by atoms with Crippen LogP contribution in [0.2, 0.25) is 0 Å². The first-order valence-corrected chi connectivity index (χ1v) is 5.65. The Hall–Kier alpha value is -1.83. The summed E-state index contributed by atoms with van der Waals surface area (Å²) in [6, 6.07) is -1.56. The molecule has 0 aliphatic carbocycles. The van der Waals surface area contributed by atoms with Gasteiger partial charge in [-0.05, 0) is 6.42 Å². The monoisotopic (exact) mass is 259 g/mol. The number of hydrogen-bond acceptors (Lipinski definition) is 4. The van der Waals surface area contributed by atoms with Crippen LogP contribution in [-0.2, 0) is 9.59 Å². The van der Waals surface area contributed by atoms with Crippen molar-refractivity contribution in [2.75, 3.05) is 13.1 Å². The summed E-state index contributed by atoms with van der Waals surface area (Å²) >= 11 is 0. The Kier molecular flexibility index (Phi) is 4.90. The molecule has 1 aliphatic rings. The number of carbonyl (C=O) groups is 3. The first-order chi connectivity index (χ1) is 8.41.